The van der Waals surface area contributed by atoms with E-state index < -0.39 is 0 Å². The number of pyridine rings is 1. The molecule has 0 bridgehead atoms. The molecule has 0 radical (unpaired) electrons. The molecule has 0 aliphatic carbocycles. The molecule has 0 amide bonds. The molecule has 1 N–H and O–H groups in total. The summed E-state index contributed by atoms with van der Waals surface area (Å²) in [4.78, 5) is 18.3. The van der Waals surface area contributed by atoms with Gasteiger partial charge >= 0.3 is 0 Å². The topological polar surface area (TPSA) is 42.0 Å². The van der Waals surface area contributed by atoms with Gasteiger partial charge in [-0.1, -0.05) is 105 Å². The Labute approximate surface area is 199 Å². The molecule has 3 nitrogen and oxygen atoms in total. The highest BCUT2D eigenvalue weighted by Crippen LogP contribution is 2.35. The zero-order valence-corrected chi connectivity index (χ0v) is 22.2. The van der Waals surface area contributed by atoms with Crippen molar-refractivity contribution in [3.63, 3.8) is 0 Å². The number of anilines is 1. The van der Waals surface area contributed by atoms with E-state index in [1.807, 2.05) is 18.3 Å². The van der Waals surface area contributed by atoms with Crippen LogP contribution in [0.2, 0.25) is 0 Å². The fourth-order valence-electron chi connectivity index (χ4n) is 4.86. The van der Waals surface area contributed by atoms with Gasteiger partial charge in [0.2, 0.25) is 0 Å². The van der Waals surface area contributed by atoms with Crippen LogP contribution in [0.25, 0.3) is 0 Å². The van der Waals surface area contributed by atoms with Crippen LogP contribution < -0.4 is 5.32 Å². The number of hydrogen-bond acceptors (Lipinski definition) is 3. The Morgan fingerprint density at radius 1 is 0.750 bits per heavy atom. The fourth-order valence-corrected chi connectivity index (χ4v) is 4.86. The largest absolute Gasteiger partial charge is 0.365 e. The van der Waals surface area contributed by atoms with Crippen molar-refractivity contribution in [2.24, 2.45) is 5.41 Å². The van der Waals surface area contributed by atoms with Crippen molar-refractivity contribution in [2.45, 2.75) is 143 Å². The van der Waals surface area contributed by atoms with Crippen molar-refractivity contribution in [2.75, 3.05) is 5.32 Å². The molecule has 184 valence electrons. The maximum absolute atomic E-state index is 13.6. The highest BCUT2D eigenvalue weighted by atomic mass is 16.1. The van der Waals surface area contributed by atoms with Gasteiger partial charge in [-0.15, -0.1) is 0 Å². The van der Waals surface area contributed by atoms with Gasteiger partial charge in [0.25, 0.3) is 0 Å². The molecule has 1 aromatic rings. The molecule has 3 heteroatoms. The van der Waals surface area contributed by atoms with Crippen LogP contribution in [-0.4, -0.2) is 16.3 Å². The normalized spacial score (nSPS) is 13.7. The van der Waals surface area contributed by atoms with Gasteiger partial charge in [-0.25, -0.2) is 4.98 Å². The average Bonchev–Trinajstić information content (AvgIpc) is 2.78. The van der Waals surface area contributed by atoms with Crippen molar-refractivity contribution >= 4 is 11.6 Å². The lowest BCUT2D eigenvalue weighted by atomic mass is 9.74. The van der Waals surface area contributed by atoms with Crippen molar-refractivity contribution < 1.29 is 4.79 Å². The maximum Gasteiger partial charge on any atom is 0.170 e. The standard InChI is InChI=1S/C29H52N2O/c1-7-11-14-16-21-28(5,22-17-15-12-8-2)27(32)25-18-19-26(30-24-25)31-29(6,20-10-4)23-13-9-3/h18-19,24H,7-17,20-23H2,1-6H3,(H,30,31). The lowest BCUT2D eigenvalue weighted by molar-refractivity contribution is 0.0777. The number of ketones is 1. The zero-order chi connectivity index (χ0) is 23.9. The summed E-state index contributed by atoms with van der Waals surface area (Å²) in [6, 6.07) is 4.02. The molecule has 0 saturated carbocycles. The minimum absolute atomic E-state index is 0.0658. The minimum Gasteiger partial charge on any atom is -0.365 e. The summed E-state index contributed by atoms with van der Waals surface area (Å²) in [5.74, 6) is 1.17. The predicted octanol–water partition coefficient (Wildman–Crippen LogP) is 9.37. The van der Waals surface area contributed by atoms with Gasteiger partial charge in [0.15, 0.2) is 5.78 Å². The van der Waals surface area contributed by atoms with Crippen LogP contribution in [0.3, 0.4) is 0 Å². The molecule has 1 aromatic heterocycles. The quantitative estimate of drug-likeness (QED) is 0.171. The Morgan fingerprint density at radius 3 is 1.81 bits per heavy atom. The van der Waals surface area contributed by atoms with E-state index in [-0.39, 0.29) is 16.7 Å². The Hall–Kier alpha value is -1.38. The van der Waals surface area contributed by atoms with Crippen molar-refractivity contribution in [3.05, 3.63) is 23.9 Å². The molecule has 0 fully saturated rings. The van der Waals surface area contributed by atoms with E-state index in [1.54, 1.807) is 0 Å². The van der Waals surface area contributed by atoms with E-state index in [0.29, 0.717) is 0 Å². The van der Waals surface area contributed by atoms with Crippen LogP contribution in [0.1, 0.15) is 148 Å². The monoisotopic (exact) mass is 444 g/mol. The Bertz CT molecular complexity index is 613. The summed E-state index contributed by atoms with van der Waals surface area (Å²) in [5, 5.41) is 3.67. The molecule has 0 aliphatic rings. The number of Topliss-reactive ketones (excluding diaryl/α,β-unsaturated/α-hetero) is 1. The molecule has 0 spiro atoms. The van der Waals surface area contributed by atoms with Crippen molar-refractivity contribution in [1.29, 1.82) is 0 Å². The molecule has 32 heavy (non-hydrogen) atoms. The van der Waals surface area contributed by atoms with Crippen LogP contribution >= 0.6 is 0 Å². The number of aromatic nitrogens is 1. The predicted molar refractivity (Wildman–Crippen MR) is 141 cm³/mol. The summed E-state index contributed by atoms with van der Waals surface area (Å²) >= 11 is 0. The van der Waals surface area contributed by atoms with Gasteiger partial charge in [0.1, 0.15) is 5.82 Å². The zero-order valence-electron chi connectivity index (χ0n) is 22.2. The Kier molecular flexibility index (Phi) is 13.8. The number of carbonyl (C=O) groups is 1. The average molecular weight is 445 g/mol. The number of carbonyl (C=O) groups excluding carboxylic acids is 1. The number of hydrogen-bond donors (Lipinski definition) is 1. The van der Waals surface area contributed by atoms with Gasteiger partial charge in [0, 0.05) is 22.7 Å². The van der Waals surface area contributed by atoms with Crippen LogP contribution in [-0.2, 0) is 0 Å². The highest BCUT2D eigenvalue weighted by Gasteiger charge is 2.33. The van der Waals surface area contributed by atoms with Crippen LogP contribution in [0.5, 0.6) is 0 Å². The molecule has 1 heterocycles. The van der Waals surface area contributed by atoms with E-state index in [4.69, 9.17) is 0 Å². The van der Waals surface area contributed by atoms with Crippen LogP contribution in [0.4, 0.5) is 5.82 Å². The van der Waals surface area contributed by atoms with E-state index >= 15 is 0 Å². The van der Waals surface area contributed by atoms with Gasteiger partial charge < -0.3 is 5.32 Å². The second kappa shape index (κ2) is 15.5. The van der Waals surface area contributed by atoms with Crippen molar-refractivity contribution in [3.8, 4) is 0 Å². The van der Waals surface area contributed by atoms with Gasteiger partial charge in [-0.05, 0) is 44.7 Å². The molecular weight excluding hydrogens is 392 g/mol. The lowest BCUT2D eigenvalue weighted by Gasteiger charge is -2.32. The van der Waals surface area contributed by atoms with E-state index in [9.17, 15) is 4.79 Å². The Balaban J connectivity index is 2.89. The summed E-state index contributed by atoms with van der Waals surface area (Å²) in [5.41, 5.74) is 0.571. The van der Waals surface area contributed by atoms with E-state index in [2.05, 4.69) is 51.8 Å². The SMILES string of the molecule is CCCCCCC(C)(CCCCCC)C(=O)c1ccc(NC(C)(CCC)CCCC)nc1. The third-order valence-corrected chi connectivity index (χ3v) is 7.05. The minimum atomic E-state index is -0.268. The number of unbranched alkanes of at least 4 members (excludes halogenated alkanes) is 7. The first-order valence-corrected chi connectivity index (χ1v) is 13.6. The second-order valence-corrected chi connectivity index (χ2v) is 10.5. The molecule has 0 aromatic carbocycles. The number of rotatable bonds is 19. The number of nitrogens with zero attached hydrogens (tertiary/aromatic N) is 1. The van der Waals surface area contributed by atoms with Gasteiger partial charge in [-0.2, -0.15) is 0 Å². The first-order valence-electron chi connectivity index (χ1n) is 13.6. The first kappa shape index (κ1) is 28.7. The summed E-state index contributed by atoms with van der Waals surface area (Å²) in [7, 11) is 0. The molecule has 1 atom stereocenters. The molecule has 1 unspecified atom stereocenters. The molecule has 0 aliphatic heterocycles. The summed E-state index contributed by atoms with van der Waals surface area (Å²) < 4.78 is 0. The smallest absolute Gasteiger partial charge is 0.170 e. The van der Waals surface area contributed by atoms with Crippen LogP contribution in [0, 0.1) is 5.41 Å². The fraction of sp³-hybridized carbons (Fsp3) is 0.793. The lowest BCUT2D eigenvalue weighted by Crippen LogP contribution is -2.35. The molecule has 0 saturated heterocycles. The Morgan fingerprint density at radius 2 is 1.34 bits per heavy atom. The second-order valence-electron chi connectivity index (χ2n) is 10.5. The van der Waals surface area contributed by atoms with Crippen molar-refractivity contribution in [1.82, 2.24) is 4.98 Å². The van der Waals surface area contributed by atoms with Crippen LogP contribution in [0.15, 0.2) is 18.3 Å². The number of nitrogens with one attached hydrogen (secondary N) is 1. The maximum atomic E-state index is 13.6. The van der Waals surface area contributed by atoms with E-state index in [0.717, 1.165) is 56.3 Å². The highest BCUT2D eigenvalue weighted by molar-refractivity contribution is 6.00. The molecule has 1 rings (SSSR count). The summed E-state index contributed by atoms with van der Waals surface area (Å²) in [6.45, 7) is 13.5. The summed E-state index contributed by atoms with van der Waals surface area (Å²) in [6.07, 6.45) is 19.4. The first-order chi connectivity index (χ1) is 15.3. The van der Waals surface area contributed by atoms with Gasteiger partial charge in [-0.3, -0.25) is 4.79 Å². The molecular formula is C29H52N2O. The third kappa shape index (κ3) is 10.0. The third-order valence-electron chi connectivity index (χ3n) is 7.05. The van der Waals surface area contributed by atoms with Gasteiger partial charge in [0.05, 0.1) is 0 Å². The van der Waals surface area contributed by atoms with E-state index in [1.165, 1.54) is 51.4 Å².